The highest BCUT2D eigenvalue weighted by atomic mass is 32.2. The SMILES string of the molecule is CSC1(CNS(=O)(=O)c2c(N)nc3sccn23)CCCC1. The number of anilines is 1. The molecule has 6 nitrogen and oxygen atoms in total. The molecule has 0 bridgehead atoms. The highest BCUT2D eigenvalue weighted by Gasteiger charge is 2.35. The quantitative estimate of drug-likeness (QED) is 0.863. The Labute approximate surface area is 132 Å². The van der Waals surface area contributed by atoms with Gasteiger partial charge in [-0.25, -0.2) is 18.1 Å². The Morgan fingerprint density at radius 1 is 1.52 bits per heavy atom. The number of thiazole rings is 1. The first-order chi connectivity index (χ1) is 9.97. The second-order valence-corrected chi connectivity index (χ2v) is 9.11. The van der Waals surface area contributed by atoms with Gasteiger partial charge in [0.1, 0.15) is 0 Å². The molecule has 0 aromatic carbocycles. The number of thioether (sulfide) groups is 1. The van der Waals surface area contributed by atoms with Crippen LogP contribution in [0.25, 0.3) is 4.96 Å². The summed E-state index contributed by atoms with van der Waals surface area (Å²) in [6, 6.07) is 0. The van der Waals surface area contributed by atoms with E-state index in [1.54, 1.807) is 23.3 Å². The van der Waals surface area contributed by atoms with Crippen LogP contribution in [0.5, 0.6) is 0 Å². The predicted molar refractivity (Wildman–Crippen MR) is 87.4 cm³/mol. The molecule has 1 saturated carbocycles. The summed E-state index contributed by atoms with van der Waals surface area (Å²) in [7, 11) is -3.66. The minimum absolute atomic E-state index is 0.0142. The fraction of sp³-hybridized carbons (Fsp3) is 0.583. The third kappa shape index (κ3) is 2.67. The van der Waals surface area contributed by atoms with E-state index < -0.39 is 10.0 Å². The van der Waals surface area contributed by atoms with Crippen LogP contribution in [0.4, 0.5) is 5.82 Å². The average molecular weight is 347 g/mol. The van der Waals surface area contributed by atoms with E-state index in [0.29, 0.717) is 11.5 Å². The van der Waals surface area contributed by atoms with Gasteiger partial charge in [-0.05, 0) is 19.1 Å². The maximum absolute atomic E-state index is 12.6. The van der Waals surface area contributed by atoms with Crippen LogP contribution in [0.1, 0.15) is 25.7 Å². The Kier molecular flexibility index (Phi) is 3.93. The molecular formula is C12H18N4O2S3. The molecule has 116 valence electrons. The predicted octanol–water partition coefficient (Wildman–Crippen LogP) is 1.93. The molecule has 0 atom stereocenters. The molecule has 1 aliphatic rings. The van der Waals surface area contributed by atoms with Crippen molar-refractivity contribution in [3.63, 3.8) is 0 Å². The number of nitrogen functional groups attached to an aromatic ring is 1. The molecule has 9 heteroatoms. The molecule has 1 fully saturated rings. The lowest BCUT2D eigenvalue weighted by molar-refractivity contribution is 0.548. The molecule has 0 radical (unpaired) electrons. The number of aromatic nitrogens is 2. The van der Waals surface area contributed by atoms with Gasteiger partial charge in [-0.1, -0.05) is 12.8 Å². The minimum Gasteiger partial charge on any atom is -0.381 e. The molecule has 0 unspecified atom stereocenters. The zero-order chi connectivity index (χ0) is 15.1. The van der Waals surface area contributed by atoms with Crippen molar-refractivity contribution in [2.75, 3.05) is 18.5 Å². The second kappa shape index (κ2) is 5.45. The number of sulfonamides is 1. The van der Waals surface area contributed by atoms with Crippen LogP contribution in [0.2, 0.25) is 0 Å². The molecule has 2 aromatic rings. The van der Waals surface area contributed by atoms with Crippen molar-refractivity contribution in [2.45, 2.75) is 35.5 Å². The van der Waals surface area contributed by atoms with Gasteiger partial charge in [0.2, 0.25) is 0 Å². The Hall–Kier alpha value is -0.770. The first-order valence-corrected chi connectivity index (χ1v) is 10.3. The van der Waals surface area contributed by atoms with Gasteiger partial charge in [-0.3, -0.25) is 4.40 Å². The van der Waals surface area contributed by atoms with Crippen molar-refractivity contribution in [1.29, 1.82) is 0 Å². The van der Waals surface area contributed by atoms with Gasteiger partial charge >= 0.3 is 0 Å². The monoisotopic (exact) mass is 346 g/mol. The van der Waals surface area contributed by atoms with Crippen molar-refractivity contribution in [3.8, 4) is 0 Å². The number of rotatable bonds is 5. The van der Waals surface area contributed by atoms with Gasteiger partial charge < -0.3 is 5.73 Å². The second-order valence-electron chi connectivity index (χ2n) is 5.28. The van der Waals surface area contributed by atoms with Crippen molar-refractivity contribution in [3.05, 3.63) is 11.6 Å². The highest BCUT2D eigenvalue weighted by Crippen LogP contribution is 2.40. The number of imidazole rings is 1. The van der Waals surface area contributed by atoms with E-state index in [1.165, 1.54) is 15.7 Å². The van der Waals surface area contributed by atoms with Crippen molar-refractivity contribution in [2.24, 2.45) is 0 Å². The van der Waals surface area contributed by atoms with E-state index in [9.17, 15) is 8.42 Å². The summed E-state index contributed by atoms with van der Waals surface area (Å²) in [5, 5.41) is 1.84. The van der Waals surface area contributed by atoms with Crippen LogP contribution >= 0.6 is 23.1 Å². The summed E-state index contributed by atoms with van der Waals surface area (Å²) in [6.45, 7) is 0.438. The first-order valence-electron chi connectivity index (χ1n) is 6.73. The number of hydrogen-bond donors (Lipinski definition) is 2. The van der Waals surface area contributed by atoms with Gasteiger partial charge in [-0.15, -0.1) is 11.3 Å². The van der Waals surface area contributed by atoms with Gasteiger partial charge in [0, 0.05) is 22.9 Å². The van der Waals surface area contributed by atoms with Crippen molar-refractivity contribution >= 4 is 43.9 Å². The molecule has 0 aliphatic heterocycles. The number of nitrogens with two attached hydrogens (primary N) is 1. The molecule has 2 heterocycles. The van der Waals surface area contributed by atoms with Crippen LogP contribution in [0.3, 0.4) is 0 Å². The Balaban J connectivity index is 1.87. The highest BCUT2D eigenvalue weighted by molar-refractivity contribution is 8.00. The molecule has 3 N–H and O–H groups in total. The summed E-state index contributed by atoms with van der Waals surface area (Å²) < 4.78 is 29.4. The minimum atomic E-state index is -3.66. The summed E-state index contributed by atoms with van der Waals surface area (Å²) >= 11 is 3.11. The molecule has 2 aromatic heterocycles. The summed E-state index contributed by atoms with van der Waals surface area (Å²) in [4.78, 5) is 4.68. The Morgan fingerprint density at radius 3 is 2.90 bits per heavy atom. The van der Waals surface area contributed by atoms with E-state index in [2.05, 4.69) is 9.71 Å². The van der Waals surface area contributed by atoms with Crippen LogP contribution in [-0.4, -0.2) is 35.4 Å². The maximum atomic E-state index is 12.6. The van der Waals surface area contributed by atoms with Crippen LogP contribution < -0.4 is 10.5 Å². The van der Waals surface area contributed by atoms with Crippen molar-refractivity contribution < 1.29 is 8.42 Å². The topological polar surface area (TPSA) is 89.5 Å². The van der Waals surface area contributed by atoms with Crippen LogP contribution in [-0.2, 0) is 10.0 Å². The summed E-state index contributed by atoms with van der Waals surface area (Å²) in [6.07, 6.45) is 8.14. The van der Waals surface area contributed by atoms with Crippen LogP contribution in [0, 0.1) is 0 Å². The van der Waals surface area contributed by atoms with Gasteiger partial charge in [0.25, 0.3) is 10.0 Å². The summed E-state index contributed by atoms with van der Waals surface area (Å²) in [5.74, 6) is 0.0546. The number of nitrogens with one attached hydrogen (secondary N) is 1. The lowest BCUT2D eigenvalue weighted by Crippen LogP contribution is -2.38. The van der Waals surface area contributed by atoms with Gasteiger partial charge in [-0.2, -0.15) is 11.8 Å². The standard InChI is InChI=1S/C12H18N4O2S3/c1-19-12(4-2-3-5-12)8-14-21(17,18)10-9(13)15-11-16(10)6-7-20-11/h6-7,14H,2-5,8,13H2,1H3. The molecule has 0 saturated heterocycles. The van der Waals surface area contributed by atoms with Gasteiger partial charge in [0.15, 0.2) is 15.8 Å². The normalized spacial score (nSPS) is 18.5. The molecule has 0 spiro atoms. The molecule has 3 rings (SSSR count). The molecular weight excluding hydrogens is 328 g/mol. The molecule has 21 heavy (non-hydrogen) atoms. The smallest absolute Gasteiger partial charge is 0.260 e. The maximum Gasteiger partial charge on any atom is 0.260 e. The number of fused-ring (bicyclic) bond motifs is 1. The average Bonchev–Trinajstić information content (AvgIpc) is 3.11. The number of nitrogens with zero attached hydrogens (tertiary/aromatic N) is 2. The van der Waals surface area contributed by atoms with E-state index >= 15 is 0 Å². The van der Waals surface area contributed by atoms with E-state index in [-0.39, 0.29) is 15.6 Å². The lowest BCUT2D eigenvalue weighted by Gasteiger charge is -2.26. The zero-order valence-corrected chi connectivity index (χ0v) is 14.2. The third-order valence-electron chi connectivity index (χ3n) is 4.03. The largest absolute Gasteiger partial charge is 0.381 e. The molecule has 0 amide bonds. The lowest BCUT2D eigenvalue weighted by atomic mass is 10.1. The fourth-order valence-electron chi connectivity index (χ4n) is 2.82. The van der Waals surface area contributed by atoms with Crippen LogP contribution in [0.15, 0.2) is 16.6 Å². The Morgan fingerprint density at radius 2 is 2.24 bits per heavy atom. The first kappa shape index (κ1) is 15.1. The van der Waals surface area contributed by atoms with E-state index in [4.69, 9.17) is 5.73 Å². The molecule has 1 aliphatic carbocycles. The van der Waals surface area contributed by atoms with Gasteiger partial charge in [0.05, 0.1) is 0 Å². The summed E-state index contributed by atoms with van der Waals surface area (Å²) in [5.41, 5.74) is 5.78. The zero-order valence-electron chi connectivity index (χ0n) is 11.7. The van der Waals surface area contributed by atoms with Crippen molar-refractivity contribution in [1.82, 2.24) is 14.1 Å². The van der Waals surface area contributed by atoms with E-state index in [0.717, 1.165) is 25.7 Å². The van der Waals surface area contributed by atoms with E-state index in [1.807, 2.05) is 6.26 Å². The Bertz CT molecular complexity index is 744. The fourth-order valence-corrected chi connectivity index (χ4v) is 5.93. The third-order valence-corrected chi connectivity index (χ3v) is 7.64. The number of hydrogen-bond acceptors (Lipinski definition) is 6.